The van der Waals surface area contributed by atoms with Crippen molar-refractivity contribution in [3.8, 4) is 0 Å². The van der Waals surface area contributed by atoms with E-state index >= 15 is 0 Å². The molecule has 0 bridgehead atoms. The van der Waals surface area contributed by atoms with E-state index in [1.54, 1.807) is 30.4 Å². The van der Waals surface area contributed by atoms with E-state index in [2.05, 4.69) is 19.8 Å². The van der Waals surface area contributed by atoms with Crippen molar-refractivity contribution in [2.24, 2.45) is 0 Å². The van der Waals surface area contributed by atoms with Crippen LogP contribution in [-0.4, -0.2) is 47.2 Å². The van der Waals surface area contributed by atoms with Gasteiger partial charge in [0, 0.05) is 37.8 Å². The summed E-state index contributed by atoms with van der Waals surface area (Å²) in [5.74, 6) is -0.0866. The monoisotopic (exact) mass is 304 g/mol. The largest absolute Gasteiger partial charge is 0.478 e. The molecule has 21 heavy (non-hydrogen) atoms. The van der Waals surface area contributed by atoms with Crippen LogP contribution in [0.3, 0.4) is 0 Å². The Morgan fingerprint density at radius 2 is 1.95 bits per heavy atom. The molecule has 2 aromatic rings. The highest BCUT2D eigenvalue weighted by Gasteiger charge is 2.20. The van der Waals surface area contributed by atoms with Gasteiger partial charge in [-0.25, -0.2) is 14.8 Å². The summed E-state index contributed by atoms with van der Waals surface area (Å²) in [5.41, 5.74) is 0.822. The van der Waals surface area contributed by atoms with Crippen LogP contribution >= 0.6 is 11.3 Å². The van der Waals surface area contributed by atoms with Crippen molar-refractivity contribution in [3.63, 3.8) is 0 Å². The highest BCUT2D eigenvalue weighted by Crippen LogP contribution is 2.21. The zero-order valence-corrected chi connectivity index (χ0v) is 12.5. The average molecular weight is 304 g/mol. The Labute approximate surface area is 126 Å². The Bertz CT molecular complexity index is 636. The minimum absolute atomic E-state index is 0.264. The second-order valence-corrected chi connectivity index (χ2v) is 5.77. The van der Waals surface area contributed by atoms with E-state index in [0.717, 1.165) is 37.1 Å². The minimum atomic E-state index is -0.930. The Balaban J connectivity index is 1.69. The summed E-state index contributed by atoms with van der Waals surface area (Å²) >= 11 is 1.65. The van der Waals surface area contributed by atoms with Crippen molar-refractivity contribution in [3.05, 3.63) is 35.0 Å². The number of piperazine rings is 1. The van der Waals surface area contributed by atoms with E-state index in [0.29, 0.717) is 5.69 Å². The first kappa shape index (κ1) is 13.8. The fourth-order valence-electron chi connectivity index (χ4n) is 2.45. The predicted molar refractivity (Wildman–Crippen MR) is 82.5 cm³/mol. The summed E-state index contributed by atoms with van der Waals surface area (Å²) in [4.78, 5) is 24.2. The maximum Gasteiger partial charge on any atom is 0.337 e. The molecule has 1 fully saturated rings. The molecule has 3 heterocycles. The van der Waals surface area contributed by atoms with Crippen molar-refractivity contribution in [2.75, 3.05) is 36.0 Å². The van der Waals surface area contributed by atoms with Gasteiger partial charge in [-0.15, -0.1) is 11.3 Å². The standard InChI is InChI=1S/C14H16N4O2S/c1-10-11(13(19)20)2-3-12(16-10)17-5-7-18(8-6-17)14-15-4-9-21-14/h2-4,9H,5-8H2,1H3,(H,19,20). The molecular formula is C14H16N4O2S. The molecule has 1 N–H and O–H groups in total. The summed E-state index contributed by atoms with van der Waals surface area (Å²) < 4.78 is 0. The van der Waals surface area contributed by atoms with Crippen LogP contribution in [0, 0.1) is 6.92 Å². The van der Waals surface area contributed by atoms with Gasteiger partial charge >= 0.3 is 5.97 Å². The lowest BCUT2D eigenvalue weighted by atomic mass is 10.2. The molecule has 1 aliphatic rings. The van der Waals surface area contributed by atoms with Crippen LogP contribution in [0.15, 0.2) is 23.7 Å². The molecule has 6 nitrogen and oxygen atoms in total. The van der Waals surface area contributed by atoms with Crippen LogP contribution in [-0.2, 0) is 0 Å². The summed E-state index contributed by atoms with van der Waals surface area (Å²) in [5, 5.41) is 12.1. The Morgan fingerprint density at radius 3 is 2.52 bits per heavy atom. The number of carboxylic acids is 1. The molecule has 0 aromatic carbocycles. The molecular weight excluding hydrogens is 288 g/mol. The molecule has 0 saturated carbocycles. The molecule has 1 saturated heterocycles. The van der Waals surface area contributed by atoms with Crippen LogP contribution in [0.2, 0.25) is 0 Å². The first-order valence-electron chi connectivity index (χ1n) is 6.75. The van der Waals surface area contributed by atoms with Gasteiger partial charge in [0.05, 0.1) is 11.3 Å². The van der Waals surface area contributed by atoms with Crippen LogP contribution in [0.5, 0.6) is 0 Å². The van der Waals surface area contributed by atoms with Crippen LogP contribution < -0.4 is 9.80 Å². The quantitative estimate of drug-likeness (QED) is 0.933. The molecule has 0 radical (unpaired) electrons. The molecule has 0 atom stereocenters. The highest BCUT2D eigenvalue weighted by molar-refractivity contribution is 7.13. The third kappa shape index (κ3) is 2.82. The number of thiazole rings is 1. The number of hydrogen-bond acceptors (Lipinski definition) is 6. The van der Waals surface area contributed by atoms with Crippen molar-refractivity contribution in [1.29, 1.82) is 0 Å². The molecule has 0 aliphatic carbocycles. The van der Waals surface area contributed by atoms with Crippen LogP contribution in [0.1, 0.15) is 16.1 Å². The topological polar surface area (TPSA) is 69.6 Å². The van der Waals surface area contributed by atoms with Gasteiger partial charge in [0.1, 0.15) is 5.82 Å². The van der Waals surface area contributed by atoms with Crippen LogP contribution in [0.25, 0.3) is 0 Å². The maximum atomic E-state index is 11.0. The first-order chi connectivity index (χ1) is 10.1. The fourth-order valence-corrected chi connectivity index (χ4v) is 3.15. The second-order valence-electron chi connectivity index (χ2n) is 4.90. The lowest BCUT2D eigenvalue weighted by Crippen LogP contribution is -2.46. The average Bonchev–Trinajstić information content (AvgIpc) is 3.01. The number of carboxylic acid groups (broad SMARTS) is 1. The van der Waals surface area contributed by atoms with E-state index < -0.39 is 5.97 Å². The number of anilines is 2. The molecule has 0 amide bonds. The van der Waals surface area contributed by atoms with Gasteiger partial charge < -0.3 is 14.9 Å². The predicted octanol–water partition coefficient (Wildman–Crippen LogP) is 1.87. The van der Waals surface area contributed by atoms with Gasteiger partial charge in [-0.05, 0) is 19.1 Å². The molecule has 0 unspecified atom stereocenters. The SMILES string of the molecule is Cc1nc(N2CCN(c3nccs3)CC2)ccc1C(=O)O. The Kier molecular flexibility index (Phi) is 3.74. The Morgan fingerprint density at radius 1 is 1.24 bits per heavy atom. The number of carbonyl (C=O) groups is 1. The second kappa shape index (κ2) is 5.69. The summed E-state index contributed by atoms with van der Waals surface area (Å²) in [6, 6.07) is 3.42. The van der Waals surface area contributed by atoms with Gasteiger partial charge in [0.25, 0.3) is 0 Å². The third-order valence-corrected chi connectivity index (χ3v) is 4.43. The van der Waals surface area contributed by atoms with E-state index in [1.807, 2.05) is 11.6 Å². The minimum Gasteiger partial charge on any atom is -0.478 e. The van der Waals surface area contributed by atoms with Crippen molar-refractivity contribution >= 4 is 28.3 Å². The van der Waals surface area contributed by atoms with E-state index in [4.69, 9.17) is 5.11 Å². The zero-order valence-electron chi connectivity index (χ0n) is 11.7. The lowest BCUT2D eigenvalue weighted by molar-refractivity contribution is 0.0695. The van der Waals surface area contributed by atoms with Crippen molar-refractivity contribution in [2.45, 2.75) is 6.92 Å². The van der Waals surface area contributed by atoms with Crippen molar-refractivity contribution in [1.82, 2.24) is 9.97 Å². The zero-order chi connectivity index (χ0) is 14.8. The van der Waals surface area contributed by atoms with E-state index in [-0.39, 0.29) is 5.56 Å². The van der Waals surface area contributed by atoms with Crippen molar-refractivity contribution < 1.29 is 9.90 Å². The smallest absolute Gasteiger partial charge is 0.337 e. The number of pyridine rings is 1. The normalized spacial score (nSPS) is 15.3. The summed E-state index contributed by atoms with van der Waals surface area (Å²) in [6.07, 6.45) is 1.82. The first-order valence-corrected chi connectivity index (χ1v) is 7.63. The number of rotatable bonds is 3. The van der Waals surface area contributed by atoms with Gasteiger partial charge in [-0.3, -0.25) is 0 Å². The van der Waals surface area contributed by atoms with E-state index in [9.17, 15) is 4.79 Å². The number of aromatic carboxylic acids is 1. The maximum absolute atomic E-state index is 11.0. The molecule has 110 valence electrons. The third-order valence-electron chi connectivity index (χ3n) is 3.59. The Hall–Kier alpha value is -2.15. The van der Waals surface area contributed by atoms with Crippen LogP contribution in [0.4, 0.5) is 10.9 Å². The van der Waals surface area contributed by atoms with E-state index in [1.165, 1.54) is 0 Å². The van der Waals surface area contributed by atoms with Gasteiger partial charge in [-0.1, -0.05) is 0 Å². The summed E-state index contributed by atoms with van der Waals surface area (Å²) in [7, 11) is 0. The molecule has 2 aromatic heterocycles. The van der Waals surface area contributed by atoms with Gasteiger partial charge in [0.15, 0.2) is 5.13 Å². The molecule has 3 rings (SSSR count). The molecule has 0 spiro atoms. The van der Waals surface area contributed by atoms with Gasteiger partial charge in [0.2, 0.25) is 0 Å². The number of hydrogen-bond donors (Lipinski definition) is 1. The number of nitrogens with zero attached hydrogens (tertiary/aromatic N) is 4. The fraction of sp³-hybridized carbons (Fsp3) is 0.357. The number of aryl methyl sites for hydroxylation is 1. The lowest BCUT2D eigenvalue weighted by Gasteiger charge is -2.35. The molecule has 7 heteroatoms. The summed E-state index contributed by atoms with van der Waals surface area (Å²) in [6.45, 7) is 5.25. The highest BCUT2D eigenvalue weighted by atomic mass is 32.1. The molecule has 1 aliphatic heterocycles. The number of aromatic nitrogens is 2. The van der Waals surface area contributed by atoms with Gasteiger partial charge in [-0.2, -0.15) is 0 Å².